The molecule has 16 heavy (non-hydrogen) atoms. The third kappa shape index (κ3) is 3.39. The van der Waals surface area contributed by atoms with Gasteiger partial charge in [-0.05, 0) is 49.8 Å². The van der Waals surface area contributed by atoms with Crippen molar-refractivity contribution < 1.29 is 4.39 Å². The Morgan fingerprint density at radius 2 is 1.94 bits per heavy atom. The average Bonchev–Trinajstić information content (AvgIpc) is 2.28. The molecule has 1 aromatic carbocycles. The molecule has 84 valence electrons. The van der Waals surface area contributed by atoms with Gasteiger partial charge in [-0.25, -0.2) is 4.39 Å². The summed E-state index contributed by atoms with van der Waals surface area (Å²) in [7, 11) is 0. The van der Waals surface area contributed by atoms with Crippen LogP contribution in [0.3, 0.4) is 0 Å². The molecule has 0 bridgehead atoms. The van der Waals surface area contributed by atoms with Crippen molar-refractivity contribution in [2.75, 3.05) is 5.32 Å². The Hall–Kier alpha value is -1.83. The molecule has 0 spiro atoms. The zero-order valence-electron chi connectivity index (χ0n) is 9.63. The molecule has 2 heteroatoms. The monoisotopic (exact) mass is 217 g/mol. The van der Waals surface area contributed by atoms with Crippen molar-refractivity contribution in [2.24, 2.45) is 0 Å². The Bertz CT molecular complexity index is 413. The van der Waals surface area contributed by atoms with Gasteiger partial charge >= 0.3 is 0 Å². The second kappa shape index (κ2) is 5.91. The first kappa shape index (κ1) is 12.2. The molecule has 0 aromatic heterocycles. The Labute approximate surface area is 96.0 Å². The first-order valence-electron chi connectivity index (χ1n) is 5.16. The van der Waals surface area contributed by atoms with Crippen LogP contribution < -0.4 is 5.32 Å². The molecule has 0 saturated carbocycles. The van der Waals surface area contributed by atoms with Gasteiger partial charge in [0, 0.05) is 11.4 Å². The van der Waals surface area contributed by atoms with E-state index in [4.69, 9.17) is 0 Å². The summed E-state index contributed by atoms with van der Waals surface area (Å²) in [5, 5.41) is 3.18. The van der Waals surface area contributed by atoms with Gasteiger partial charge in [0.05, 0.1) is 0 Å². The summed E-state index contributed by atoms with van der Waals surface area (Å²) in [6, 6.07) is 6.24. The third-order valence-electron chi connectivity index (χ3n) is 2.17. The maximum atomic E-state index is 12.7. The van der Waals surface area contributed by atoms with Crippen LogP contribution in [0.1, 0.15) is 13.8 Å². The topological polar surface area (TPSA) is 12.0 Å². The highest BCUT2D eigenvalue weighted by Gasteiger charge is 1.97. The van der Waals surface area contributed by atoms with Crippen molar-refractivity contribution in [2.45, 2.75) is 13.8 Å². The Kier molecular flexibility index (Phi) is 4.52. The number of nitrogens with one attached hydrogen (secondary N) is 1. The minimum atomic E-state index is -0.236. The van der Waals surface area contributed by atoms with Crippen LogP contribution in [-0.2, 0) is 0 Å². The van der Waals surface area contributed by atoms with E-state index in [-0.39, 0.29) is 5.82 Å². The lowest BCUT2D eigenvalue weighted by Crippen LogP contribution is -1.98. The number of rotatable bonds is 4. The van der Waals surface area contributed by atoms with E-state index in [1.54, 1.807) is 18.2 Å². The Balaban J connectivity index is 2.90. The summed E-state index contributed by atoms with van der Waals surface area (Å²) in [5.41, 5.74) is 2.85. The number of benzene rings is 1. The number of halogens is 1. The lowest BCUT2D eigenvalue weighted by molar-refractivity contribution is 0.628. The van der Waals surface area contributed by atoms with Gasteiger partial charge < -0.3 is 5.32 Å². The summed E-state index contributed by atoms with van der Waals surface area (Å²) in [6.45, 7) is 7.70. The first-order chi connectivity index (χ1) is 7.67. The van der Waals surface area contributed by atoms with E-state index >= 15 is 0 Å². The van der Waals surface area contributed by atoms with Crippen molar-refractivity contribution in [3.05, 3.63) is 66.2 Å². The first-order valence-corrected chi connectivity index (χ1v) is 5.16. The normalized spacial score (nSPS) is 12.4. The highest BCUT2D eigenvalue weighted by molar-refractivity contribution is 5.52. The Morgan fingerprint density at radius 3 is 2.44 bits per heavy atom. The van der Waals surface area contributed by atoms with E-state index in [0.29, 0.717) is 0 Å². The fraction of sp³-hybridized carbons (Fsp3) is 0.143. The average molecular weight is 217 g/mol. The summed E-state index contributed by atoms with van der Waals surface area (Å²) < 4.78 is 12.7. The fourth-order valence-corrected chi connectivity index (χ4v) is 1.34. The highest BCUT2D eigenvalue weighted by Crippen LogP contribution is 2.14. The van der Waals surface area contributed by atoms with Crippen LogP contribution in [0, 0.1) is 5.82 Å². The largest absolute Gasteiger partial charge is 0.355 e. The Morgan fingerprint density at radius 1 is 1.31 bits per heavy atom. The van der Waals surface area contributed by atoms with E-state index in [2.05, 4.69) is 11.9 Å². The predicted octanol–water partition coefficient (Wildman–Crippen LogP) is 4.27. The molecule has 0 heterocycles. The van der Waals surface area contributed by atoms with Crippen molar-refractivity contribution in [3.8, 4) is 0 Å². The van der Waals surface area contributed by atoms with E-state index < -0.39 is 0 Å². The molecular weight excluding hydrogens is 201 g/mol. The van der Waals surface area contributed by atoms with Gasteiger partial charge in [0.1, 0.15) is 5.82 Å². The zero-order valence-corrected chi connectivity index (χ0v) is 9.63. The summed E-state index contributed by atoms with van der Waals surface area (Å²) in [5.74, 6) is -0.236. The minimum Gasteiger partial charge on any atom is -0.355 e. The predicted molar refractivity (Wildman–Crippen MR) is 67.7 cm³/mol. The lowest BCUT2D eigenvalue weighted by Gasteiger charge is -2.09. The molecule has 0 aliphatic carbocycles. The van der Waals surface area contributed by atoms with Gasteiger partial charge in [-0.15, -0.1) is 0 Å². The molecule has 1 aromatic rings. The molecule has 0 aliphatic heterocycles. The molecule has 0 atom stereocenters. The van der Waals surface area contributed by atoms with Gasteiger partial charge in [0.25, 0.3) is 0 Å². The van der Waals surface area contributed by atoms with Crippen molar-refractivity contribution >= 4 is 5.69 Å². The van der Waals surface area contributed by atoms with Crippen molar-refractivity contribution in [1.29, 1.82) is 0 Å². The van der Waals surface area contributed by atoms with E-state index in [1.807, 2.05) is 26.0 Å². The summed E-state index contributed by atoms with van der Waals surface area (Å²) in [4.78, 5) is 0. The molecule has 1 N–H and O–H groups in total. The quantitative estimate of drug-likeness (QED) is 0.742. The van der Waals surface area contributed by atoms with E-state index in [1.165, 1.54) is 12.1 Å². The van der Waals surface area contributed by atoms with Crippen molar-refractivity contribution in [3.63, 3.8) is 0 Å². The fourth-order valence-electron chi connectivity index (χ4n) is 1.34. The molecule has 0 unspecified atom stereocenters. The standard InChI is InChI=1S/C14H16FN/c1-4-6-11(3)14(5-2)16-13-9-7-12(15)8-10-13/h4-10,16H,2H2,1,3H3/b6-4-,14-11+. The highest BCUT2D eigenvalue weighted by atomic mass is 19.1. The summed E-state index contributed by atoms with van der Waals surface area (Å²) >= 11 is 0. The third-order valence-corrected chi connectivity index (χ3v) is 2.17. The maximum Gasteiger partial charge on any atom is 0.123 e. The van der Waals surface area contributed by atoms with Crippen LogP contribution in [0.4, 0.5) is 10.1 Å². The van der Waals surface area contributed by atoms with Crippen LogP contribution in [0.2, 0.25) is 0 Å². The van der Waals surface area contributed by atoms with Gasteiger partial charge in [-0.3, -0.25) is 0 Å². The molecule has 0 saturated heterocycles. The second-order valence-electron chi connectivity index (χ2n) is 3.43. The molecule has 0 aliphatic rings. The van der Waals surface area contributed by atoms with Crippen LogP contribution in [0.5, 0.6) is 0 Å². The molecule has 0 amide bonds. The van der Waals surface area contributed by atoms with E-state index in [9.17, 15) is 4.39 Å². The van der Waals surface area contributed by atoms with Gasteiger partial charge in [-0.1, -0.05) is 18.7 Å². The molecule has 1 rings (SSSR count). The van der Waals surface area contributed by atoms with Crippen molar-refractivity contribution in [1.82, 2.24) is 0 Å². The lowest BCUT2D eigenvalue weighted by atomic mass is 10.2. The van der Waals surface area contributed by atoms with Gasteiger partial charge in [0.2, 0.25) is 0 Å². The molecular formula is C14H16FN. The van der Waals surface area contributed by atoms with Crippen LogP contribution >= 0.6 is 0 Å². The molecule has 0 fully saturated rings. The van der Waals surface area contributed by atoms with Crippen LogP contribution in [0.25, 0.3) is 0 Å². The SMILES string of the molecule is C=C/C(Nc1ccc(F)cc1)=C(C)\C=C/C. The maximum absolute atomic E-state index is 12.7. The number of hydrogen-bond acceptors (Lipinski definition) is 1. The van der Waals surface area contributed by atoms with Gasteiger partial charge in [0.15, 0.2) is 0 Å². The molecule has 0 radical (unpaired) electrons. The van der Waals surface area contributed by atoms with E-state index in [0.717, 1.165) is 17.0 Å². The smallest absolute Gasteiger partial charge is 0.123 e. The number of hydrogen-bond donors (Lipinski definition) is 1. The van der Waals surface area contributed by atoms with Gasteiger partial charge in [-0.2, -0.15) is 0 Å². The zero-order chi connectivity index (χ0) is 12.0. The molecule has 1 nitrogen and oxygen atoms in total. The minimum absolute atomic E-state index is 0.236. The van der Waals surface area contributed by atoms with Crippen LogP contribution in [0.15, 0.2) is 60.3 Å². The summed E-state index contributed by atoms with van der Waals surface area (Å²) in [6.07, 6.45) is 5.71. The second-order valence-corrected chi connectivity index (χ2v) is 3.43. The van der Waals surface area contributed by atoms with Crippen LogP contribution in [-0.4, -0.2) is 0 Å². The number of anilines is 1. The number of allylic oxidation sites excluding steroid dienone is 4.